The molecule has 248 valence electrons. The third-order valence-corrected chi connectivity index (χ3v) is 7.79. The highest BCUT2D eigenvalue weighted by atomic mass is 16.5. The molecule has 1 N–H and O–H groups in total. The Morgan fingerprint density at radius 1 is 0.535 bits per heavy atom. The first kappa shape index (κ1) is 40.9. The molecule has 0 spiro atoms. The number of carboxylic acids is 1. The van der Waals surface area contributed by atoms with Crippen LogP contribution in [-0.4, -0.2) is 23.1 Å². The van der Waals surface area contributed by atoms with E-state index in [0.717, 1.165) is 70.6 Å². The minimum atomic E-state index is -0.681. The molecule has 0 aromatic heterocycles. The fraction of sp³-hybridized carbons (Fsp3) is 0.744. The van der Waals surface area contributed by atoms with Crippen LogP contribution in [0, 0.1) is 0 Å². The average molecular weight is 601 g/mol. The van der Waals surface area contributed by atoms with E-state index in [1.165, 1.54) is 83.5 Å². The van der Waals surface area contributed by atoms with E-state index in [4.69, 9.17) is 9.84 Å². The van der Waals surface area contributed by atoms with Crippen LogP contribution in [0.25, 0.3) is 0 Å². The summed E-state index contributed by atoms with van der Waals surface area (Å²) in [5.41, 5.74) is 0. The molecule has 0 saturated heterocycles. The van der Waals surface area contributed by atoms with E-state index >= 15 is 0 Å². The summed E-state index contributed by atoms with van der Waals surface area (Å²) in [6.07, 6.45) is 46.8. The monoisotopic (exact) mass is 601 g/mol. The lowest BCUT2D eigenvalue weighted by Crippen LogP contribution is -2.14. The van der Waals surface area contributed by atoms with E-state index in [0.29, 0.717) is 12.8 Å². The van der Waals surface area contributed by atoms with E-state index in [1.54, 1.807) is 0 Å². The lowest BCUT2D eigenvalue weighted by Gasteiger charge is -2.13. The van der Waals surface area contributed by atoms with Gasteiger partial charge in [-0.05, 0) is 77.6 Å². The van der Waals surface area contributed by atoms with Gasteiger partial charge in [-0.1, -0.05) is 139 Å². The van der Waals surface area contributed by atoms with Crippen LogP contribution in [-0.2, 0) is 14.3 Å². The van der Waals surface area contributed by atoms with Crippen LogP contribution in [0.15, 0.2) is 48.6 Å². The number of unbranched alkanes of at least 4 members (excludes halogenated alkanes) is 17. The zero-order valence-corrected chi connectivity index (χ0v) is 28.3. The summed E-state index contributed by atoms with van der Waals surface area (Å²) in [7, 11) is 0. The predicted octanol–water partition coefficient (Wildman–Crippen LogP) is 12.4. The van der Waals surface area contributed by atoms with Gasteiger partial charge in [-0.3, -0.25) is 9.59 Å². The predicted molar refractivity (Wildman–Crippen MR) is 185 cm³/mol. The normalized spacial score (nSPS) is 12.8. The molecule has 0 amide bonds. The van der Waals surface area contributed by atoms with Gasteiger partial charge in [0.25, 0.3) is 0 Å². The summed E-state index contributed by atoms with van der Waals surface area (Å²) in [5, 5.41) is 8.64. The molecule has 4 nitrogen and oxygen atoms in total. The Bertz CT molecular complexity index is 734. The number of carboxylic acid groups (broad SMARTS) is 1. The third kappa shape index (κ3) is 36.0. The number of rotatable bonds is 32. The smallest absolute Gasteiger partial charge is 0.306 e. The van der Waals surface area contributed by atoms with E-state index in [2.05, 4.69) is 55.5 Å². The summed E-state index contributed by atoms with van der Waals surface area (Å²) in [6.45, 7) is 4.27. The molecule has 4 heteroatoms. The SMILES string of the molecule is CCCCC/C=C\C/C=C\C/C=C\C/C=C\CCCCCCCC(=O)OC(C)CCCCCCCCCCCCC(=O)O. The summed E-state index contributed by atoms with van der Waals surface area (Å²) in [4.78, 5) is 22.6. The molecular formula is C39H68O4. The van der Waals surface area contributed by atoms with Gasteiger partial charge in [0, 0.05) is 12.8 Å². The van der Waals surface area contributed by atoms with Gasteiger partial charge in [0.05, 0.1) is 6.10 Å². The number of hydrogen-bond donors (Lipinski definition) is 1. The van der Waals surface area contributed by atoms with Gasteiger partial charge in [0.15, 0.2) is 0 Å². The minimum absolute atomic E-state index is 0.0306. The Balaban J connectivity index is 3.43. The van der Waals surface area contributed by atoms with Crippen molar-refractivity contribution in [3.05, 3.63) is 48.6 Å². The standard InChI is InChI=1S/C39H68O4/c1-3-4-5-6-7-8-9-10-11-12-13-14-15-16-17-18-19-24-27-30-33-36-39(42)43-37(2)34-31-28-25-22-20-21-23-26-29-32-35-38(40)41/h7-8,10-11,13-14,16-17,37H,3-6,9,12,15,18-36H2,1-2H3,(H,40,41)/b8-7-,11-10-,14-13-,17-16-. The molecule has 0 bridgehead atoms. The van der Waals surface area contributed by atoms with Crippen LogP contribution in [0.4, 0.5) is 0 Å². The topological polar surface area (TPSA) is 63.6 Å². The second-order valence-corrected chi connectivity index (χ2v) is 12.2. The molecule has 43 heavy (non-hydrogen) atoms. The van der Waals surface area contributed by atoms with Crippen molar-refractivity contribution in [3.63, 3.8) is 0 Å². The van der Waals surface area contributed by atoms with Crippen molar-refractivity contribution in [1.82, 2.24) is 0 Å². The maximum atomic E-state index is 12.1. The second kappa shape index (κ2) is 34.4. The highest BCUT2D eigenvalue weighted by molar-refractivity contribution is 5.69. The summed E-state index contributed by atoms with van der Waals surface area (Å²) in [5.74, 6) is -0.711. The van der Waals surface area contributed by atoms with Crippen molar-refractivity contribution in [3.8, 4) is 0 Å². The molecule has 0 aromatic rings. The molecule has 0 fully saturated rings. The van der Waals surface area contributed by atoms with Crippen molar-refractivity contribution in [2.45, 2.75) is 187 Å². The Morgan fingerprint density at radius 2 is 0.930 bits per heavy atom. The summed E-state index contributed by atoms with van der Waals surface area (Å²) >= 11 is 0. The first-order valence-electron chi connectivity index (χ1n) is 18.1. The molecule has 0 saturated carbocycles. The number of esters is 1. The van der Waals surface area contributed by atoms with Crippen LogP contribution >= 0.6 is 0 Å². The molecule has 1 unspecified atom stereocenters. The van der Waals surface area contributed by atoms with Crippen molar-refractivity contribution in [2.75, 3.05) is 0 Å². The Kier molecular flexibility index (Phi) is 32.7. The minimum Gasteiger partial charge on any atom is -0.481 e. The van der Waals surface area contributed by atoms with Gasteiger partial charge in [0.2, 0.25) is 0 Å². The molecule has 0 aliphatic rings. The van der Waals surface area contributed by atoms with Crippen LogP contribution in [0.1, 0.15) is 181 Å². The quantitative estimate of drug-likeness (QED) is 0.0474. The molecule has 0 heterocycles. The van der Waals surface area contributed by atoms with Gasteiger partial charge in [-0.25, -0.2) is 0 Å². The van der Waals surface area contributed by atoms with Crippen LogP contribution in [0.3, 0.4) is 0 Å². The molecule has 0 aromatic carbocycles. The molecule has 1 atom stereocenters. The maximum absolute atomic E-state index is 12.1. The number of hydrogen-bond acceptors (Lipinski definition) is 3. The van der Waals surface area contributed by atoms with Gasteiger partial charge >= 0.3 is 11.9 Å². The van der Waals surface area contributed by atoms with E-state index in [9.17, 15) is 9.59 Å². The number of carbonyl (C=O) groups excluding carboxylic acids is 1. The number of aliphatic carboxylic acids is 1. The first-order chi connectivity index (χ1) is 21.1. The zero-order chi connectivity index (χ0) is 31.5. The van der Waals surface area contributed by atoms with Crippen LogP contribution in [0.5, 0.6) is 0 Å². The van der Waals surface area contributed by atoms with Crippen LogP contribution < -0.4 is 0 Å². The molecule has 0 radical (unpaired) electrons. The third-order valence-electron chi connectivity index (χ3n) is 7.79. The van der Waals surface area contributed by atoms with Crippen molar-refractivity contribution < 1.29 is 19.4 Å². The lowest BCUT2D eigenvalue weighted by molar-refractivity contribution is -0.148. The Morgan fingerprint density at radius 3 is 1.42 bits per heavy atom. The largest absolute Gasteiger partial charge is 0.481 e. The highest BCUT2D eigenvalue weighted by Crippen LogP contribution is 2.14. The second-order valence-electron chi connectivity index (χ2n) is 12.2. The zero-order valence-electron chi connectivity index (χ0n) is 28.3. The fourth-order valence-electron chi connectivity index (χ4n) is 5.09. The van der Waals surface area contributed by atoms with Gasteiger partial charge in [-0.2, -0.15) is 0 Å². The van der Waals surface area contributed by atoms with Gasteiger partial charge < -0.3 is 9.84 Å². The number of allylic oxidation sites excluding steroid dienone is 8. The fourth-order valence-corrected chi connectivity index (χ4v) is 5.09. The molecule has 0 aliphatic carbocycles. The number of carbonyl (C=O) groups is 2. The molecule has 0 aliphatic heterocycles. The van der Waals surface area contributed by atoms with Crippen molar-refractivity contribution >= 4 is 11.9 Å². The number of ether oxygens (including phenoxy) is 1. The van der Waals surface area contributed by atoms with Gasteiger partial charge in [-0.15, -0.1) is 0 Å². The highest BCUT2D eigenvalue weighted by Gasteiger charge is 2.09. The lowest BCUT2D eigenvalue weighted by atomic mass is 10.0. The van der Waals surface area contributed by atoms with E-state index in [1.807, 2.05) is 6.92 Å². The van der Waals surface area contributed by atoms with Gasteiger partial charge in [0.1, 0.15) is 0 Å². The summed E-state index contributed by atoms with van der Waals surface area (Å²) < 4.78 is 5.60. The maximum Gasteiger partial charge on any atom is 0.306 e. The first-order valence-corrected chi connectivity index (χ1v) is 18.1. The Labute approximate surface area is 266 Å². The van der Waals surface area contributed by atoms with Crippen LogP contribution in [0.2, 0.25) is 0 Å². The summed E-state index contributed by atoms with van der Waals surface area (Å²) in [6, 6.07) is 0. The average Bonchev–Trinajstić information content (AvgIpc) is 2.98. The molecule has 0 rings (SSSR count). The Hall–Kier alpha value is -2.10. The van der Waals surface area contributed by atoms with E-state index in [-0.39, 0.29) is 12.1 Å². The van der Waals surface area contributed by atoms with Crippen molar-refractivity contribution in [1.29, 1.82) is 0 Å². The molecular weight excluding hydrogens is 532 g/mol. The van der Waals surface area contributed by atoms with E-state index < -0.39 is 5.97 Å². The van der Waals surface area contributed by atoms with Crippen molar-refractivity contribution in [2.24, 2.45) is 0 Å².